The van der Waals surface area contributed by atoms with Crippen molar-refractivity contribution in [1.82, 2.24) is 4.98 Å². The minimum Gasteiger partial charge on any atom is -0.302 e. The average Bonchev–Trinajstić information content (AvgIpc) is 2.30. The van der Waals surface area contributed by atoms with Crippen LogP contribution in [0.3, 0.4) is 0 Å². The first-order chi connectivity index (χ1) is 7.33. The van der Waals surface area contributed by atoms with E-state index in [4.69, 9.17) is 10.5 Å². The molecule has 0 N–H and O–H groups in total. The number of pyridine rings is 1. The molecule has 1 aromatic heterocycles. The molecule has 1 rings (SSSR count). The smallest absolute Gasteiger partial charge is 0.302 e. The summed E-state index contributed by atoms with van der Waals surface area (Å²) < 4.78 is 0. The minimum absolute atomic E-state index is 0. The Kier molecular flexibility index (Phi) is 7.41. The normalized spacial score (nSPS) is 12.4. The van der Waals surface area contributed by atoms with Gasteiger partial charge in [-0.3, -0.25) is 4.98 Å². The van der Waals surface area contributed by atoms with Gasteiger partial charge in [-0.25, -0.2) is 0 Å². The molecule has 4 nitrogen and oxygen atoms in total. The molecule has 0 aliphatic heterocycles. The van der Waals surface area contributed by atoms with Gasteiger partial charge in [-0.15, -0.1) is 0 Å². The van der Waals surface area contributed by atoms with Gasteiger partial charge in [0.05, 0.1) is 12.1 Å². The molecule has 0 saturated carbocycles. The Bertz CT molecular complexity index is 407. The van der Waals surface area contributed by atoms with Crippen LogP contribution in [0.25, 0.3) is 0 Å². The molecule has 0 saturated heterocycles. The number of carbonyl (C=O) groups is 1. The van der Waals surface area contributed by atoms with Crippen LogP contribution in [-0.4, -0.2) is 11.3 Å². The fourth-order valence-corrected chi connectivity index (χ4v) is 1.36. The summed E-state index contributed by atoms with van der Waals surface area (Å²) in [7, 11) is 0. The maximum atomic E-state index is 10.7. The van der Waals surface area contributed by atoms with E-state index in [0.717, 1.165) is 5.56 Å². The van der Waals surface area contributed by atoms with Crippen LogP contribution >= 0.6 is 0 Å². The van der Waals surface area contributed by atoms with Crippen LogP contribution in [0.5, 0.6) is 0 Å². The molecule has 1 aromatic rings. The average molecular weight is 222 g/mol. The van der Waals surface area contributed by atoms with E-state index in [1.807, 2.05) is 12.1 Å². The molecule has 1 heterocycles. The van der Waals surface area contributed by atoms with Crippen molar-refractivity contribution in [1.29, 1.82) is 10.5 Å². The third-order valence-electron chi connectivity index (χ3n) is 2.15. The van der Waals surface area contributed by atoms with Crippen molar-refractivity contribution in [3.8, 4) is 12.1 Å². The molecule has 0 aromatic carbocycles. The number of hydrogen-bond acceptors (Lipinski definition) is 4. The summed E-state index contributed by atoms with van der Waals surface area (Å²) in [5.41, 5.74) is 0.748. The van der Waals surface area contributed by atoms with Crippen LogP contribution in [0.15, 0.2) is 24.5 Å². The third kappa shape index (κ3) is 3.75. The monoisotopic (exact) mass is 222 g/mol. The van der Waals surface area contributed by atoms with Gasteiger partial charge in [0.15, 0.2) is 0 Å². The van der Waals surface area contributed by atoms with E-state index in [2.05, 4.69) is 4.98 Å². The van der Waals surface area contributed by atoms with Crippen molar-refractivity contribution in [3.63, 3.8) is 0 Å². The van der Waals surface area contributed by atoms with Gasteiger partial charge in [0.25, 0.3) is 0 Å². The maximum Gasteiger partial charge on any atom is 1.00 e. The van der Waals surface area contributed by atoms with Gasteiger partial charge in [-0.05, 0) is 11.6 Å². The Hall–Kier alpha value is -1.20. The van der Waals surface area contributed by atoms with E-state index in [9.17, 15) is 4.79 Å². The Morgan fingerprint density at radius 2 is 2.25 bits per heavy atom. The number of aromatic nitrogens is 1. The van der Waals surface area contributed by atoms with Crippen LogP contribution in [-0.2, 0) is 4.79 Å². The molecule has 0 bridgehead atoms. The van der Waals surface area contributed by atoms with Crippen molar-refractivity contribution in [2.45, 2.75) is 12.3 Å². The number of rotatable bonds is 4. The summed E-state index contributed by atoms with van der Waals surface area (Å²) in [4.78, 5) is 14.6. The summed E-state index contributed by atoms with van der Waals surface area (Å²) in [6.07, 6.45) is 3.91. The molecule has 0 amide bonds. The van der Waals surface area contributed by atoms with Crippen LogP contribution < -0.4 is 29.6 Å². The van der Waals surface area contributed by atoms with Gasteiger partial charge in [0, 0.05) is 24.7 Å². The Labute approximate surface area is 116 Å². The Balaban J connectivity index is 0.00000225. The molecule has 74 valence electrons. The second-order valence-corrected chi connectivity index (χ2v) is 3.05. The number of hydrogen-bond donors (Lipinski definition) is 0. The zero-order valence-corrected chi connectivity index (χ0v) is 11.0. The number of aldehydes is 1. The fraction of sp³-hybridized carbons (Fsp3) is 0.273. The van der Waals surface area contributed by atoms with E-state index < -0.39 is 5.92 Å². The SMILES string of the molecule is N#CCC(c1cccnc1)C(C#N)C=O.[Na+]. The quantitative estimate of drug-likeness (QED) is 0.455. The largest absolute Gasteiger partial charge is 1.00 e. The van der Waals surface area contributed by atoms with Crippen molar-refractivity contribution >= 4 is 6.29 Å². The first kappa shape index (κ1) is 14.8. The number of carbonyl (C=O) groups excluding carboxylic acids is 1. The summed E-state index contributed by atoms with van der Waals surface area (Å²) >= 11 is 0. The van der Waals surface area contributed by atoms with E-state index >= 15 is 0 Å². The summed E-state index contributed by atoms with van der Waals surface area (Å²) in [6.45, 7) is 0. The summed E-state index contributed by atoms with van der Waals surface area (Å²) in [5.74, 6) is -1.17. The maximum absolute atomic E-state index is 10.7. The molecular weight excluding hydrogens is 213 g/mol. The number of nitriles is 2. The molecular formula is C11H9N3NaO+. The molecule has 0 aliphatic rings. The Morgan fingerprint density at radius 1 is 1.50 bits per heavy atom. The molecule has 0 spiro atoms. The van der Waals surface area contributed by atoms with E-state index in [1.54, 1.807) is 24.5 Å². The van der Waals surface area contributed by atoms with Crippen LogP contribution in [0.1, 0.15) is 17.9 Å². The second kappa shape index (κ2) is 8.01. The van der Waals surface area contributed by atoms with Gasteiger partial charge in [0.2, 0.25) is 0 Å². The fourth-order valence-electron chi connectivity index (χ4n) is 1.36. The van der Waals surface area contributed by atoms with Crippen molar-refractivity contribution < 1.29 is 34.4 Å². The van der Waals surface area contributed by atoms with Gasteiger partial charge in [-0.1, -0.05) is 6.07 Å². The van der Waals surface area contributed by atoms with Crippen molar-refractivity contribution in [3.05, 3.63) is 30.1 Å². The molecule has 2 unspecified atom stereocenters. The number of nitrogens with zero attached hydrogens (tertiary/aromatic N) is 3. The first-order valence-corrected chi connectivity index (χ1v) is 4.45. The minimum atomic E-state index is -0.783. The van der Waals surface area contributed by atoms with E-state index in [-0.39, 0.29) is 41.9 Å². The van der Waals surface area contributed by atoms with E-state index in [1.165, 1.54) is 0 Å². The molecule has 0 fully saturated rings. The van der Waals surface area contributed by atoms with Gasteiger partial charge in [0.1, 0.15) is 12.2 Å². The van der Waals surface area contributed by atoms with Crippen LogP contribution in [0.2, 0.25) is 0 Å². The van der Waals surface area contributed by atoms with Gasteiger partial charge >= 0.3 is 29.6 Å². The topological polar surface area (TPSA) is 77.5 Å². The first-order valence-electron chi connectivity index (χ1n) is 4.45. The van der Waals surface area contributed by atoms with E-state index in [0.29, 0.717) is 6.29 Å². The predicted molar refractivity (Wildman–Crippen MR) is 52.4 cm³/mol. The standard InChI is InChI=1S/C11H9N3O.Na/c12-4-3-11(10(6-13)8-15)9-2-1-5-14-7-9;/h1-2,5,7-8,10-11H,3H2;/q;+1. The van der Waals surface area contributed by atoms with Gasteiger partial charge in [-0.2, -0.15) is 10.5 Å². The molecule has 5 heteroatoms. The molecule has 2 atom stereocenters. The van der Waals surface area contributed by atoms with Crippen molar-refractivity contribution in [2.75, 3.05) is 0 Å². The summed E-state index contributed by atoms with van der Waals surface area (Å²) in [6, 6.07) is 7.35. The Morgan fingerprint density at radius 3 is 2.69 bits per heavy atom. The zero-order valence-electron chi connectivity index (χ0n) is 9.00. The van der Waals surface area contributed by atoms with Crippen molar-refractivity contribution in [2.24, 2.45) is 5.92 Å². The van der Waals surface area contributed by atoms with Gasteiger partial charge < -0.3 is 4.79 Å². The zero-order chi connectivity index (χ0) is 11.1. The molecule has 0 radical (unpaired) electrons. The summed E-state index contributed by atoms with van der Waals surface area (Å²) in [5, 5.41) is 17.4. The molecule has 0 aliphatic carbocycles. The second-order valence-electron chi connectivity index (χ2n) is 3.05. The van der Waals surface area contributed by atoms with Crippen LogP contribution in [0, 0.1) is 28.6 Å². The third-order valence-corrected chi connectivity index (χ3v) is 2.15. The predicted octanol–water partition coefficient (Wildman–Crippen LogP) is -1.58. The van der Waals surface area contributed by atoms with Crippen LogP contribution in [0.4, 0.5) is 0 Å². The molecule has 16 heavy (non-hydrogen) atoms.